The highest BCUT2D eigenvalue weighted by Gasteiger charge is 2.52. The molecule has 1 aliphatic rings. The van der Waals surface area contributed by atoms with Gasteiger partial charge >= 0.3 is 6.61 Å². The van der Waals surface area contributed by atoms with Crippen molar-refractivity contribution in [3.05, 3.63) is 29.8 Å². The topological polar surface area (TPSA) is 53.6 Å². The molecule has 1 aromatic rings. The molecule has 0 aliphatic carbocycles. The molecule has 5 nitrogen and oxygen atoms in total. The summed E-state index contributed by atoms with van der Waals surface area (Å²) in [4.78, 5) is 13.4. The van der Waals surface area contributed by atoms with Gasteiger partial charge in [0.2, 0.25) is 0 Å². The molecule has 1 fully saturated rings. The van der Waals surface area contributed by atoms with E-state index in [2.05, 4.69) is 15.5 Å². The van der Waals surface area contributed by atoms with E-state index in [0.717, 1.165) is 0 Å². The monoisotopic (exact) mass is 371 g/mol. The fraction of sp³-hybridized carbons (Fsp3) is 0.529. The number of halogens is 2. The number of rotatable bonds is 5. The molecule has 1 aliphatic heterocycles. The number of alkyl halides is 2. The van der Waals surface area contributed by atoms with Crippen LogP contribution in [0.2, 0.25) is 0 Å². The lowest BCUT2D eigenvalue weighted by Gasteiger charge is -2.34. The van der Waals surface area contributed by atoms with Gasteiger partial charge in [-0.2, -0.15) is 8.78 Å². The van der Waals surface area contributed by atoms with Crippen LogP contribution in [0.5, 0.6) is 5.75 Å². The van der Waals surface area contributed by atoms with Crippen molar-refractivity contribution in [1.29, 1.82) is 0 Å². The Hall–Kier alpha value is -1.80. The summed E-state index contributed by atoms with van der Waals surface area (Å²) < 4.78 is 29.6. The fourth-order valence-corrected chi connectivity index (χ4v) is 3.54. The van der Waals surface area contributed by atoms with Crippen molar-refractivity contribution in [2.45, 2.75) is 44.8 Å². The summed E-state index contributed by atoms with van der Waals surface area (Å²) in [5, 5.41) is 4.69. The number of carbonyl (C=O) groups excluding carboxylic acids is 1. The average Bonchev–Trinajstić information content (AvgIpc) is 2.83. The molecule has 0 spiro atoms. The summed E-state index contributed by atoms with van der Waals surface area (Å²) in [6, 6.07) is 6.19. The SMILES string of the molecule is CNN1CCC(C(=S)NC(C)(C)C)(c2cccc(OC(F)F)c2)C1=O. The molecular weight excluding hydrogens is 348 g/mol. The molecular formula is C17H23F2N3O2S. The van der Waals surface area contributed by atoms with E-state index in [-0.39, 0.29) is 17.2 Å². The number of thiocarbonyl (C=S) groups is 1. The zero-order valence-corrected chi connectivity index (χ0v) is 15.5. The first kappa shape index (κ1) is 19.5. The van der Waals surface area contributed by atoms with Gasteiger partial charge in [-0.15, -0.1) is 0 Å². The summed E-state index contributed by atoms with van der Waals surface area (Å²) in [6.07, 6.45) is 0.437. The normalized spacial score (nSPS) is 20.9. The molecule has 0 radical (unpaired) electrons. The largest absolute Gasteiger partial charge is 0.435 e. The molecule has 2 rings (SSSR count). The number of hydrogen-bond donors (Lipinski definition) is 2. The van der Waals surface area contributed by atoms with Gasteiger partial charge in [-0.05, 0) is 44.9 Å². The van der Waals surface area contributed by atoms with E-state index < -0.39 is 12.0 Å². The fourth-order valence-electron chi connectivity index (χ4n) is 2.93. The van der Waals surface area contributed by atoms with Crippen LogP contribution in [-0.4, -0.2) is 41.6 Å². The van der Waals surface area contributed by atoms with Crippen molar-refractivity contribution in [3.8, 4) is 5.75 Å². The highest BCUT2D eigenvalue weighted by Crippen LogP contribution is 2.38. The van der Waals surface area contributed by atoms with Crippen LogP contribution in [0.3, 0.4) is 0 Å². The average molecular weight is 371 g/mol. The molecule has 1 saturated heterocycles. The zero-order chi connectivity index (χ0) is 18.8. The van der Waals surface area contributed by atoms with Crippen LogP contribution in [0.4, 0.5) is 8.78 Å². The lowest BCUT2D eigenvalue weighted by Crippen LogP contribution is -2.54. The Bertz CT molecular complexity index is 664. The molecule has 1 amide bonds. The molecule has 0 aromatic heterocycles. The van der Waals surface area contributed by atoms with Crippen LogP contribution in [0, 0.1) is 0 Å². The molecule has 0 bridgehead atoms. The van der Waals surface area contributed by atoms with Gasteiger partial charge in [0, 0.05) is 19.1 Å². The molecule has 1 unspecified atom stereocenters. The first-order valence-electron chi connectivity index (χ1n) is 7.97. The van der Waals surface area contributed by atoms with Gasteiger partial charge in [0.25, 0.3) is 5.91 Å². The summed E-state index contributed by atoms with van der Waals surface area (Å²) in [5.74, 6) is -0.216. The van der Waals surface area contributed by atoms with Crippen molar-refractivity contribution < 1.29 is 18.3 Å². The van der Waals surface area contributed by atoms with Crippen molar-refractivity contribution >= 4 is 23.1 Å². The predicted octanol–water partition coefficient (Wildman–Crippen LogP) is 2.61. The first-order valence-corrected chi connectivity index (χ1v) is 8.38. The second-order valence-electron chi connectivity index (χ2n) is 6.95. The Kier molecular flexibility index (Phi) is 5.63. The third kappa shape index (κ3) is 4.07. The number of nitrogens with one attached hydrogen (secondary N) is 2. The van der Waals surface area contributed by atoms with Crippen molar-refractivity contribution in [3.63, 3.8) is 0 Å². The first-order chi connectivity index (χ1) is 11.6. The molecule has 1 heterocycles. The number of nitrogens with zero attached hydrogens (tertiary/aromatic N) is 1. The minimum atomic E-state index is -2.93. The number of hydrazine groups is 1. The minimum Gasteiger partial charge on any atom is -0.435 e. The summed E-state index contributed by atoms with van der Waals surface area (Å²) in [5.41, 5.74) is 1.93. The molecule has 8 heteroatoms. The molecule has 0 saturated carbocycles. The third-order valence-electron chi connectivity index (χ3n) is 4.02. The Morgan fingerprint density at radius 2 is 2.08 bits per heavy atom. The van der Waals surface area contributed by atoms with Gasteiger partial charge in [0.05, 0.1) is 4.99 Å². The summed E-state index contributed by atoms with van der Waals surface area (Å²) >= 11 is 5.59. The van der Waals surface area contributed by atoms with Crippen LogP contribution in [0.15, 0.2) is 24.3 Å². The molecule has 25 heavy (non-hydrogen) atoms. The Labute approximate surface area is 151 Å². The second kappa shape index (κ2) is 7.21. The van der Waals surface area contributed by atoms with Crippen molar-refractivity contribution in [1.82, 2.24) is 15.8 Å². The van der Waals surface area contributed by atoms with Gasteiger partial charge in [-0.25, -0.2) is 5.43 Å². The van der Waals surface area contributed by atoms with Gasteiger partial charge in [0.1, 0.15) is 11.2 Å². The summed E-state index contributed by atoms with van der Waals surface area (Å²) in [6.45, 7) is 3.36. The quantitative estimate of drug-likeness (QED) is 0.780. The summed E-state index contributed by atoms with van der Waals surface area (Å²) in [7, 11) is 1.66. The van der Waals surface area contributed by atoms with Crippen LogP contribution in [0.1, 0.15) is 32.8 Å². The van der Waals surface area contributed by atoms with E-state index in [9.17, 15) is 13.6 Å². The predicted molar refractivity (Wildman–Crippen MR) is 95.6 cm³/mol. The molecule has 1 atom stereocenters. The lowest BCUT2D eigenvalue weighted by atomic mass is 9.78. The van der Waals surface area contributed by atoms with Crippen LogP contribution in [-0.2, 0) is 10.2 Å². The molecule has 1 aromatic carbocycles. The number of benzene rings is 1. The van der Waals surface area contributed by atoms with Crippen LogP contribution in [0.25, 0.3) is 0 Å². The van der Waals surface area contributed by atoms with Gasteiger partial charge < -0.3 is 10.1 Å². The zero-order valence-electron chi connectivity index (χ0n) is 14.7. The Morgan fingerprint density at radius 1 is 1.40 bits per heavy atom. The number of ether oxygens (including phenoxy) is 1. The van der Waals surface area contributed by atoms with Crippen molar-refractivity contribution in [2.75, 3.05) is 13.6 Å². The standard InChI is InChI=1S/C17H23F2N3O2S/c1-16(2,3)21-13(25)17(8-9-22(20-4)14(17)23)11-6-5-7-12(10-11)24-15(18)19/h5-7,10,15,20H,8-9H2,1-4H3,(H,21,25). The van der Waals surface area contributed by atoms with E-state index in [4.69, 9.17) is 12.2 Å². The van der Waals surface area contributed by atoms with Gasteiger partial charge in [-0.1, -0.05) is 24.4 Å². The van der Waals surface area contributed by atoms with Crippen LogP contribution >= 0.6 is 12.2 Å². The number of hydrogen-bond acceptors (Lipinski definition) is 4. The van der Waals surface area contributed by atoms with Gasteiger partial charge in [0.15, 0.2) is 0 Å². The Morgan fingerprint density at radius 3 is 2.60 bits per heavy atom. The van der Waals surface area contributed by atoms with Gasteiger partial charge in [-0.3, -0.25) is 9.80 Å². The maximum atomic E-state index is 13.1. The van der Waals surface area contributed by atoms with E-state index in [1.807, 2.05) is 20.8 Å². The minimum absolute atomic E-state index is 0.00106. The highest BCUT2D eigenvalue weighted by molar-refractivity contribution is 7.80. The number of amides is 1. The second-order valence-corrected chi connectivity index (χ2v) is 7.35. The molecule has 2 N–H and O–H groups in total. The van der Waals surface area contributed by atoms with E-state index in [1.165, 1.54) is 17.1 Å². The third-order valence-corrected chi connectivity index (χ3v) is 4.47. The lowest BCUT2D eigenvalue weighted by molar-refractivity contribution is -0.132. The van der Waals surface area contributed by atoms with Crippen molar-refractivity contribution in [2.24, 2.45) is 0 Å². The maximum Gasteiger partial charge on any atom is 0.387 e. The molecule has 138 valence electrons. The number of carbonyl (C=O) groups is 1. The van der Waals surface area contributed by atoms with Crippen LogP contribution < -0.4 is 15.5 Å². The Balaban J connectivity index is 2.50. The van der Waals surface area contributed by atoms with E-state index in [1.54, 1.807) is 19.2 Å². The smallest absolute Gasteiger partial charge is 0.387 e. The highest BCUT2D eigenvalue weighted by atomic mass is 32.1. The van der Waals surface area contributed by atoms with E-state index in [0.29, 0.717) is 23.5 Å². The maximum absolute atomic E-state index is 13.1. The van der Waals surface area contributed by atoms with E-state index >= 15 is 0 Å².